The zero-order valence-electron chi connectivity index (χ0n) is 7.78. The standard InChI is InChI=1S/C9H5Cl2FN2OS/c10-6-3-5(12)1-2-8(6)15-4-7-9(11)16-14-13-7/h1-3H,4H2. The molecule has 16 heavy (non-hydrogen) atoms. The molecule has 0 saturated carbocycles. The first-order valence-corrected chi connectivity index (χ1v) is 5.74. The highest BCUT2D eigenvalue weighted by Crippen LogP contribution is 2.26. The third-order valence-corrected chi connectivity index (χ3v) is 3.05. The molecule has 0 atom stereocenters. The summed E-state index contributed by atoms with van der Waals surface area (Å²) in [7, 11) is 0. The van der Waals surface area contributed by atoms with Gasteiger partial charge in [0.25, 0.3) is 0 Å². The normalized spacial score (nSPS) is 10.4. The van der Waals surface area contributed by atoms with E-state index < -0.39 is 5.82 Å². The van der Waals surface area contributed by atoms with Gasteiger partial charge in [-0.1, -0.05) is 27.7 Å². The molecule has 0 N–H and O–H groups in total. The number of hydrogen-bond acceptors (Lipinski definition) is 4. The zero-order chi connectivity index (χ0) is 11.5. The summed E-state index contributed by atoms with van der Waals surface area (Å²) < 4.78 is 22.2. The van der Waals surface area contributed by atoms with Gasteiger partial charge in [0, 0.05) is 11.5 Å². The molecular weight excluding hydrogens is 274 g/mol. The molecule has 0 amide bonds. The molecule has 1 heterocycles. The molecular formula is C9H5Cl2FN2OS. The molecule has 2 rings (SSSR count). The van der Waals surface area contributed by atoms with Crippen LogP contribution in [0, 0.1) is 5.82 Å². The summed E-state index contributed by atoms with van der Waals surface area (Å²) in [6.07, 6.45) is 0. The van der Waals surface area contributed by atoms with E-state index in [-0.39, 0.29) is 11.6 Å². The summed E-state index contributed by atoms with van der Waals surface area (Å²) in [5, 5.41) is 3.98. The first kappa shape index (κ1) is 11.6. The molecule has 1 aromatic carbocycles. The quantitative estimate of drug-likeness (QED) is 0.861. The second kappa shape index (κ2) is 4.95. The van der Waals surface area contributed by atoms with Crippen LogP contribution >= 0.6 is 34.7 Å². The van der Waals surface area contributed by atoms with Crippen LogP contribution in [0.3, 0.4) is 0 Å². The number of rotatable bonds is 3. The van der Waals surface area contributed by atoms with Crippen LogP contribution in [-0.2, 0) is 6.61 Å². The SMILES string of the molecule is Fc1ccc(OCc2nnsc2Cl)c(Cl)c1. The van der Waals surface area contributed by atoms with Crippen molar-refractivity contribution < 1.29 is 9.13 Å². The molecule has 0 fully saturated rings. The molecule has 0 aliphatic carbocycles. The van der Waals surface area contributed by atoms with Gasteiger partial charge in [-0.05, 0) is 18.2 Å². The van der Waals surface area contributed by atoms with Gasteiger partial charge in [-0.15, -0.1) is 5.10 Å². The second-order valence-electron chi connectivity index (χ2n) is 2.86. The van der Waals surface area contributed by atoms with Crippen molar-refractivity contribution in [3.63, 3.8) is 0 Å². The lowest BCUT2D eigenvalue weighted by atomic mass is 10.3. The van der Waals surface area contributed by atoms with E-state index in [0.29, 0.717) is 15.8 Å². The monoisotopic (exact) mass is 278 g/mol. The van der Waals surface area contributed by atoms with Gasteiger partial charge in [-0.2, -0.15) is 0 Å². The van der Waals surface area contributed by atoms with Crippen molar-refractivity contribution in [2.75, 3.05) is 0 Å². The molecule has 0 unspecified atom stereocenters. The fraction of sp³-hybridized carbons (Fsp3) is 0.111. The predicted octanol–water partition coefficient (Wildman–Crippen LogP) is 3.56. The van der Waals surface area contributed by atoms with Gasteiger partial charge >= 0.3 is 0 Å². The summed E-state index contributed by atoms with van der Waals surface area (Å²) in [4.78, 5) is 0. The number of ether oxygens (including phenoxy) is 1. The highest BCUT2D eigenvalue weighted by molar-refractivity contribution is 7.10. The van der Waals surface area contributed by atoms with Crippen LogP contribution in [0.25, 0.3) is 0 Å². The summed E-state index contributed by atoms with van der Waals surface area (Å²) in [5.41, 5.74) is 0.534. The molecule has 2 aromatic rings. The van der Waals surface area contributed by atoms with Crippen molar-refractivity contribution in [1.29, 1.82) is 0 Å². The average molecular weight is 279 g/mol. The highest BCUT2D eigenvalue weighted by Gasteiger charge is 2.08. The number of nitrogens with zero attached hydrogens (tertiary/aromatic N) is 2. The van der Waals surface area contributed by atoms with Crippen LogP contribution in [0.1, 0.15) is 5.69 Å². The number of benzene rings is 1. The Bertz CT molecular complexity index is 506. The molecule has 0 radical (unpaired) electrons. The van der Waals surface area contributed by atoms with Gasteiger partial charge < -0.3 is 4.74 Å². The molecule has 3 nitrogen and oxygen atoms in total. The molecule has 84 valence electrons. The fourth-order valence-electron chi connectivity index (χ4n) is 1.02. The minimum absolute atomic E-state index is 0.153. The fourth-order valence-corrected chi connectivity index (χ4v) is 1.84. The van der Waals surface area contributed by atoms with Gasteiger partial charge in [0.05, 0.1) is 5.02 Å². The Morgan fingerprint density at radius 2 is 2.19 bits per heavy atom. The summed E-state index contributed by atoms with van der Waals surface area (Å²) >= 11 is 12.6. The van der Waals surface area contributed by atoms with Crippen LogP contribution < -0.4 is 4.74 Å². The second-order valence-corrected chi connectivity index (χ2v) is 4.62. The van der Waals surface area contributed by atoms with Crippen molar-refractivity contribution in [2.45, 2.75) is 6.61 Å². The Kier molecular flexibility index (Phi) is 3.58. The minimum atomic E-state index is -0.411. The van der Waals surface area contributed by atoms with E-state index in [1.165, 1.54) is 18.2 Å². The van der Waals surface area contributed by atoms with Gasteiger partial charge in [0.2, 0.25) is 0 Å². The Labute approximate surface area is 105 Å². The Balaban J connectivity index is 2.08. The summed E-state index contributed by atoms with van der Waals surface area (Å²) in [6, 6.07) is 3.89. The third-order valence-electron chi connectivity index (χ3n) is 1.77. The lowest BCUT2D eigenvalue weighted by molar-refractivity contribution is 0.301. The topological polar surface area (TPSA) is 35.0 Å². The summed E-state index contributed by atoms with van der Waals surface area (Å²) in [6.45, 7) is 0.153. The predicted molar refractivity (Wildman–Crippen MR) is 60.7 cm³/mol. The van der Waals surface area contributed by atoms with Crippen LogP contribution in [-0.4, -0.2) is 9.59 Å². The van der Waals surface area contributed by atoms with E-state index in [1.807, 2.05) is 0 Å². The van der Waals surface area contributed by atoms with Gasteiger partial charge in [0.1, 0.15) is 28.2 Å². The maximum absolute atomic E-state index is 12.7. The molecule has 1 aromatic heterocycles. The average Bonchev–Trinajstić information content (AvgIpc) is 2.63. The lowest BCUT2D eigenvalue weighted by Gasteiger charge is -2.05. The van der Waals surface area contributed by atoms with E-state index in [1.54, 1.807) is 0 Å². The Morgan fingerprint density at radius 1 is 1.38 bits per heavy atom. The van der Waals surface area contributed by atoms with E-state index >= 15 is 0 Å². The first-order chi connectivity index (χ1) is 7.66. The van der Waals surface area contributed by atoms with E-state index in [4.69, 9.17) is 27.9 Å². The third kappa shape index (κ3) is 2.61. The van der Waals surface area contributed by atoms with Crippen molar-refractivity contribution in [3.05, 3.63) is 39.1 Å². The summed E-state index contributed by atoms with van der Waals surface area (Å²) in [5.74, 6) is -0.0298. The molecule has 7 heteroatoms. The van der Waals surface area contributed by atoms with Gasteiger partial charge in [-0.3, -0.25) is 0 Å². The zero-order valence-corrected chi connectivity index (χ0v) is 10.1. The van der Waals surface area contributed by atoms with Crippen molar-refractivity contribution in [2.24, 2.45) is 0 Å². The smallest absolute Gasteiger partial charge is 0.141 e. The highest BCUT2D eigenvalue weighted by atomic mass is 35.5. The van der Waals surface area contributed by atoms with E-state index in [9.17, 15) is 4.39 Å². The molecule has 0 aliphatic heterocycles. The lowest BCUT2D eigenvalue weighted by Crippen LogP contribution is -1.97. The molecule has 0 spiro atoms. The minimum Gasteiger partial charge on any atom is -0.486 e. The Hall–Kier alpha value is -0.910. The maximum Gasteiger partial charge on any atom is 0.141 e. The van der Waals surface area contributed by atoms with Gasteiger partial charge in [0.15, 0.2) is 0 Å². The van der Waals surface area contributed by atoms with Crippen molar-refractivity contribution >= 4 is 34.7 Å². The van der Waals surface area contributed by atoms with Crippen LogP contribution in [0.4, 0.5) is 4.39 Å². The van der Waals surface area contributed by atoms with Crippen molar-refractivity contribution in [1.82, 2.24) is 9.59 Å². The van der Waals surface area contributed by atoms with E-state index in [0.717, 1.165) is 11.5 Å². The van der Waals surface area contributed by atoms with Crippen LogP contribution in [0.2, 0.25) is 9.36 Å². The van der Waals surface area contributed by atoms with Crippen molar-refractivity contribution in [3.8, 4) is 5.75 Å². The van der Waals surface area contributed by atoms with Crippen LogP contribution in [0.15, 0.2) is 18.2 Å². The molecule has 0 saturated heterocycles. The first-order valence-electron chi connectivity index (χ1n) is 4.21. The number of hydrogen-bond donors (Lipinski definition) is 0. The van der Waals surface area contributed by atoms with Crippen LogP contribution in [0.5, 0.6) is 5.75 Å². The maximum atomic E-state index is 12.7. The Morgan fingerprint density at radius 3 is 2.81 bits per heavy atom. The molecule has 0 aliphatic rings. The van der Waals surface area contributed by atoms with E-state index in [2.05, 4.69) is 9.59 Å². The molecule has 0 bridgehead atoms. The number of halogens is 3. The largest absolute Gasteiger partial charge is 0.486 e. The number of aromatic nitrogens is 2. The van der Waals surface area contributed by atoms with Gasteiger partial charge in [-0.25, -0.2) is 4.39 Å².